The molecule has 4 heteroatoms. The van der Waals surface area contributed by atoms with Crippen molar-refractivity contribution in [3.05, 3.63) is 0 Å². The molecule has 0 atom stereocenters. The van der Waals surface area contributed by atoms with Crippen molar-refractivity contribution in [3.63, 3.8) is 0 Å². The highest BCUT2D eigenvalue weighted by molar-refractivity contribution is 5.76. The number of hydrogen-bond donors (Lipinski definition) is 3. The molecule has 84 valence electrons. The molecule has 0 heterocycles. The zero-order valence-corrected chi connectivity index (χ0v) is 9.55. The van der Waals surface area contributed by atoms with Crippen molar-refractivity contribution in [2.24, 2.45) is 0 Å². The second-order valence-electron chi connectivity index (χ2n) is 4.45. The van der Waals surface area contributed by atoms with Gasteiger partial charge in [0.05, 0.1) is 12.1 Å². The molecule has 0 aliphatic carbocycles. The summed E-state index contributed by atoms with van der Waals surface area (Å²) >= 11 is 0. The summed E-state index contributed by atoms with van der Waals surface area (Å²) in [5.41, 5.74) is -0.519. The summed E-state index contributed by atoms with van der Waals surface area (Å²) in [4.78, 5) is 11.3. The van der Waals surface area contributed by atoms with Gasteiger partial charge in [0.1, 0.15) is 0 Å². The number of aliphatic hydroxyl groups is 1. The molecule has 14 heavy (non-hydrogen) atoms. The second-order valence-corrected chi connectivity index (χ2v) is 4.45. The van der Waals surface area contributed by atoms with E-state index in [2.05, 4.69) is 10.6 Å². The third-order valence-electron chi connectivity index (χ3n) is 1.78. The maximum Gasteiger partial charge on any atom is 0.221 e. The van der Waals surface area contributed by atoms with Gasteiger partial charge in [0.25, 0.3) is 0 Å². The van der Waals surface area contributed by atoms with Crippen molar-refractivity contribution in [3.8, 4) is 0 Å². The first-order valence-corrected chi connectivity index (χ1v) is 5.02. The summed E-state index contributed by atoms with van der Waals surface area (Å²) in [7, 11) is 0. The topological polar surface area (TPSA) is 61.4 Å². The fourth-order valence-corrected chi connectivity index (χ4v) is 0.954. The van der Waals surface area contributed by atoms with Crippen LogP contribution < -0.4 is 10.6 Å². The lowest BCUT2D eigenvalue weighted by Gasteiger charge is -2.23. The zero-order valence-electron chi connectivity index (χ0n) is 9.55. The Bertz CT molecular complexity index is 179. The van der Waals surface area contributed by atoms with Gasteiger partial charge >= 0.3 is 0 Å². The quantitative estimate of drug-likeness (QED) is 0.579. The lowest BCUT2D eigenvalue weighted by Crippen LogP contribution is -2.47. The first kappa shape index (κ1) is 13.4. The molecule has 3 N–H and O–H groups in total. The lowest BCUT2D eigenvalue weighted by atomic mass is 10.1. The first-order valence-electron chi connectivity index (χ1n) is 5.02. The molecule has 0 aromatic carbocycles. The number of carbonyl (C=O) groups excluding carboxylic acids is 1. The summed E-state index contributed by atoms with van der Waals surface area (Å²) in [5.74, 6) is -0.0304. The van der Waals surface area contributed by atoms with Gasteiger partial charge in [-0.1, -0.05) is 13.8 Å². The lowest BCUT2D eigenvalue weighted by molar-refractivity contribution is -0.123. The largest absolute Gasteiger partial charge is 0.394 e. The van der Waals surface area contributed by atoms with Crippen LogP contribution in [0, 0.1) is 0 Å². The summed E-state index contributed by atoms with van der Waals surface area (Å²) in [6, 6.07) is 0.397. The molecule has 0 fully saturated rings. The minimum atomic E-state index is -0.519. The van der Waals surface area contributed by atoms with E-state index in [9.17, 15) is 4.79 Å². The summed E-state index contributed by atoms with van der Waals surface area (Å²) in [6.45, 7) is 8.29. The minimum Gasteiger partial charge on any atom is -0.394 e. The summed E-state index contributed by atoms with van der Waals surface area (Å²) in [6.07, 6.45) is 0.446. The molecule has 0 aliphatic rings. The van der Waals surface area contributed by atoms with Gasteiger partial charge in [-0.2, -0.15) is 0 Å². The average molecular weight is 202 g/mol. The average Bonchev–Trinajstić information content (AvgIpc) is 2.02. The predicted octanol–water partition coefficient (Wildman–Crippen LogP) is 0.262. The van der Waals surface area contributed by atoms with Gasteiger partial charge in [0.15, 0.2) is 0 Å². The van der Waals surface area contributed by atoms with Crippen LogP contribution in [0.1, 0.15) is 34.1 Å². The van der Waals surface area contributed by atoms with Crippen molar-refractivity contribution in [2.75, 3.05) is 13.2 Å². The van der Waals surface area contributed by atoms with E-state index in [0.29, 0.717) is 19.0 Å². The van der Waals surface area contributed by atoms with Gasteiger partial charge in [-0.15, -0.1) is 0 Å². The van der Waals surface area contributed by atoms with Crippen molar-refractivity contribution < 1.29 is 9.90 Å². The highest BCUT2D eigenvalue weighted by Crippen LogP contribution is 1.99. The Kier molecular flexibility index (Phi) is 5.72. The maximum atomic E-state index is 11.3. The molecular weight excluding hydrogens is 180 g/mol. The molecular formula is C10H22N2O2. The van der Waals surface area contributed by atoms with E-state index < -0.39 is 5.54 Å². The Morgan fingerprint density at radius 3 is 2.43 bits per heavy atom. The number of rotatable bonds is 6. The number of aliphatic hydroxyl groups excluding tert-OH is 1. The Labute approximate surface area is 86.1 Å². The molecule has 0 saturated carbocycles. The summed E-state index contributed by atoms with van der Waals surface area (Å²) < 4.78 is 0. The molecule has 1 amide bonds. The number of amides is 1. The van der Waals surface area contributed by atoms with Gasteiger partial charge in [-0.05, 0) is 13.8 Å². The van der Waals surface area contributed by atoms with Crippen LogP contribution in [0.4, 0.5) is 0 Å². The number of hydrogen-bond acceptors (Lipinski definition) is 3. The van der Waals surface area contributed by atoms with Crippen LogP contribution in [-0.2, 0) is 4.79 Å². The number of carbonyl (C=O) groups is 1. The smallest absolute Gasteiger partial charge is 0.221 e. The fourth-order valence-electron chi connectivity index (χ4n) is 0.954. The van der Waals surface area contributed by atoms with Crippen LogP contribution in [0.15, 0.2) is 0 Å². The van der Waals surface area contributed by atoms with Gasteiger partial charge < -0.3 is 15.7 Å². The third kappa shape index (κ3) is 6.86. The molecule has 0 rings (SSSR count). The van der Waals surface area contributed by atoms with Gasteiger partial charge in [0, 0.05) is 19.0 Å². The van der Waals surface area contributed by atoms with Gasteiger partial charge in [-0.25, -0.2) is 0 Å². The fraction of sp³-hybridized carbons (Fsp3) is 0.900. The molecule has 4 nitrogen and oxygen atoms in total. The van der Waals surface area contributed by atoms with E-state index in [4.69, 9.17) is 5.11 Å². The van der Waals surface area contributed by atoms with Crippen LogP contribution in [0.25, 0.3) is 0 Å². The van der Waals surface area contributed by atoms with Crippen molar-refractivity contribution in [2.45, 2.75) is 45.7 Å². The minimum absolute atomic E-state index is 0.0304. The van der Waals surface area contributed by atoms with E-state index >= 15 is 0 Å². The Morgan fingerprint density at radius 1 is 1.43 bits per heavy atom. The second kappa shape index (κ2) is 5.98. The van der Waals surface area contributed by atoms with Crippen LogP contribution in [0.3, 0.4) is 0 Å². The third-order valence-corrected chi connectivity index (χ3v) is 1.78. The summed E-state index contributed by atoms with van der Waals surface area (Å²) in [5, 5.41) is 14.8. The molecule has 0 radical (unpaired) electrons. The molecule has 0 unspecified atom stereocenters. The van der Waals surface area contributed by atoms with Gasteiger partial charge in [-0.3, -0.25) is 4.79 Å². The first-order chi connectivity index (χ1) is 6.37. The van der Waals surface area contributed by atoms with E-state index in [1.807, 2.05) is 13.8 Å². The van der Waals surface area contributed by atoms with Crippen LogP contribution in [-0.4, -0.2) is 35.7 Å². The van der Waals surface area contributed by atoms with E-state index in [1.54, 1.807) is 13.8 Å². The normalized spacial score (nSPS) is 11.9. The highest BCUT2D eigenvalue weighted by atomic mass is 16.3. The maximum absolute atomic E-state index is 11.3. The number of nitrogens with one attached hydrogen (secondary N) is 2. The standard InChI is InChI=1S/C10H22N2O2/c1-8(2)11-6-5-9(14)12-10(3,4)7-13/h8,11,13H,5-7H2,1-4H3,(H,12,14). The molecule has 0 aromatic heterocycles. The molecule has 0 aliphatic heterocycles. The van der Waals surface area contributed by atoms with Crippen molar-refractivity contribution >= 4 is 5.91 Å². The molecule has 0 spiro atoms. The molecule has 0 bridgehead atoms. The zero-order chi connectivity index (χ0) is 11.2. The Morgan fingerprint density at radius 2 is 2.00 bits per heavy atom. The van der Waals surface area contributed by atoms with Gasteiger partial charge in [0.2, 0.25) is 5.91 Å². The van der Waals surface area contributed by atoms with Crippen LogP contribution in [0.2, 0.25) is 0 Å². The van der Waals surface area contributed by atoms with Crippen LogP contribution in [0.5, 0.6) is 0 Å². The van der Waals surface area contributed by atoms with Crippen molar-refractivity contribution in [1.29, 1.82) is 0 Å². The van der Waals surface area contributed by atoms with E-state index in [0.717, 1.165) is 0 Å². The van der Waals surface area contributed by atoms with Crippen LogP contribution >= 0.6 is 0 Å². The predicted molar refractivity (Wildman–Crippen MR) is 57.1 cm³/mol. The molecule has 0 saturated heterocycles. The SMILES string of the molecule is CC(C)NCCC(=O)NC(C)(C)CO. The Hall–Kier alpha value is -0.610. The highest BCUT2D eigenvalue weighted by Gasteiger charge is 2.18. The van der Waals surface area contributed by atoms with E-state index in [-0.39, 0.29) is 12.5 Å². The van der Waals surface area contributed by atoms with Crippen molar-refractivity contribution in [1.82, 2.24) is 10.6 Å². The monoisotopic (exact) mass is 202 g/mol. The Balaban J connectivity index is 3.66. The van der Waals surface area contributed by atoms with E-state index in [1.165, 1.54) is 0 Å². The molecule has 0 aromatic rings.